The summed E-state index contributed by atoms with van der Waals surface area (Å²) in [6, 6.07) is 71.1. The summed E-state index contributed by atoms with van der Waals surface area (Å²) in [4.78, 5) is 2.40. The molecule has 0 bridgehead atoms. The molecule has 0 unspecified atom stereocenters. The molecule has 8 aromatic carbocycles. The summed E-state index contributed by atoms with van der Waals surface area (Å²) >= 11 is 0. The van der Waals surface area contributed by atoms with E-state index in [0.29, 0.717) is 0 Å². The molecule has 9 rings (SSSR count). The third-order valence-electron chi connectivity index (χ3n) is 9.50. The van der Waals surface area contributed by atoms with Gasteiger partial charge in [-0.3, -0.25) is 0 Å². The van der Waals surface area contributed by atoms with Gasteiger partial charge in [0.2, 0.25) is 0 Å². The molecule has 0 amide bonds. The van der Waals surface area contributed by atoms with E-state index in [1.54, 1.807) is 0 Å². The average Bonchev–Trinajstić information content (AvgIpc) is 3.59. The van der Waals surface area contributed by atoms with Crippen LogP contribution in [0.2, 0.25) is 0 Å². The van der Waals surface area contributed by atoms with Gasteiger partial charge in [0.1, 0.15) is 11.2 Å². The highest BCUT2D eigenvalue weighted by Crippen LogP contribution is 2.47. The minimum atomic E-state index is 0.865. The van der Waals surface area contributed by atoms with Gasteiger partial charge in [0.25, 0.3) is 0 Å². The third-order valence-corrected chi connectivity index (χ3v) is 9.50. The summed E-state index contributed by atoms with van der Waals surface area (Å²) in [7, 11) is 0. The van der Waals surface area contributed by atoms with Gasteiger partial charge in [-0.25, -0.2) is 0 Å². The zero-order valence-corrected chi connectivity index (χ0v) is 27.4. The highest BCUT2D eigenvalue weighted by atomic mass is 16.3. The molecule has 9 aromatic rings. The molecule has 0 spiro atoms. The first kappa shape index (κ1) is 29.5. The van der Waals surface area contributed by atoms with Crippen molar-refractivity contribution in [3.63, 3.8) is 0 Å². The van der Waals surface area contributed by atoms with Crippen molar-refractivity contribution in [1.82, 2.24) is 0 Å². The van der Waals surface area contributed by atoms with Crippen LogP contribution in [0.5, 0.6) is 0 Å². The van der Waals surface area contributed by atoms with E-state index in [-0.39, 0.29) is 0 Å². The fourth-order valence-electron chi connectivity index (χ4n) is 7.14. The second-order valence-corrected chi connectivity index (χ2v) is 12.5. The van der Waals surface area contributed by atoms with E-state index in [4.69, 9.17) is 4.42 Å². The number of fused-ring (bicyclic) bond motifs is 3. The lowest BCUT2D eigenvalue weighted by molar-refractivity contribution is 0.669. The van der Waals surface area contributed by atoms with E-state index in [1.807, 2.05) is 12.1 Å². The Morgan fingerprint density at radius 3 is 1.54 bits per heavy atom. The Morgan fingerprint density at radius 2 is 0.840 bits per heavy atom. The van der Waals surface area contributed by atoms with Crippen molar-refractivity contribution in [1.29, 1.82) is 0 Å². The number of anilines is 3. The van der Waals surface area contributed by atoms with Gasteiger partial charge in [-0.1, -0.05) is 158 Å². The second-order valence-electron chi connectivity index (χ2n) is 12.5. The molecule has 0 aliphatic heterocycles. The van der Waals surface area contributed by atoms with Crippen LogP contribution in [-0.2, 0) is 0 Å². The fourth-order valence-corrected chi connectivity index (χ4v) is 7.14. The van der Waals surface area contributed by atoms with Crippen LogP contribution < -0.4 is 4.90 Å². The zero-order chi connectivity index (χ0) is 33.3. The maximum Gasteiger partial charge on any atom is 0.137 e. The highest BCUT2D eigenvalue weighted by molar-refractivity contribution is 6.14. The van der Waals surface area contributed by atoms with Gasteiger partial charge in [-0.2, -0.15) is 0 Å². The molecule has 2 nitrogen and oxygen atoms in total. The first-order valence-electron chi connectivity index (χ1n) is 17.0. The van der Waals surface area contributed by atoms with Gasteiger partial charge in [0, 0.05) is 16.6 Å². The molecule has 1 heterocycles. The van der Waals surface area contributed by atoms with Gasteiger partial charge < -0.3 is 9.32 Å². The molecular weight excluding hydrogens is 607 g/mol. The number of nitrogens with zero attached hydrogens (tertiary/aromatic N) is 1. The Kier molecular flexibility index (Phi) is 7.53. The zero-order valence-electron chi connectivity index (χ0n) is 27.4. The van der Waals surface area contributed by atoms with Crippen LogP contribution in [0, 0.1) is 0 Å². The van der Waals surface area contributed by atoms with E-state index in [1.165, 1.54) is 33.4 Å². The highest BCUT2D eigenvalue weighted by Gasteiger charge is 2.23. The average molecular weight is 640 g/mol. The predicted molar refractivity (Wildman–Crippen MR) is 210 cm³/mol. The Bertz CT molecular complexity index is 2570. The van der Waals surface area contributed by atoms with Gasteiger partial charge in [-0.15, -0.1) is 0 Å². The van der Waals surface area contributed by atoms with Crippen LogP contribution in [0.15, 0.2) is 205 Å². The van der Waals surface area contributed by atoms with Crippen molar-refractivity contribution < 1.29 is 4.42 Å². The molecule has 0 atom stereocenters. The van der Waals surface area contributed by atoms with E-state index in [2.05, 4.69) is 193 Å². The number of benzene rings is 8. The summed E-state index contributed by atoms with van der Waals surface area (Å²) in [5, 5.41) is 2.19. The van der Waals surface area contributed by atoms with Gasteiger partial charge in [-0.05, 0) is 81.4 Å². The number of hydrogen-bond acceptors (Lipinski definition) is 2. The number of rotatable bonds is 7. The molecule has 0 aliphatic carbocycles. The van der Waals surface area contributed by atoms with Crippen LogP contribution in [0.1, 0.15) is 0 Å². The van der Waals surface area contributed by atoms with Gasteiger partial charge >= 0.3 is 0 Å². The predicted octanol–water partition coefficient (Wildman–Crippen LogP) is 13.7. The monoisotopic (exact) mass is 639 g/mol. The third kappa shape index (κ3) is 5.34. The summed E-state index contributed by atoms with van der Waals surface area (Å²) in [6.07, 6.45) is 0. The van der Waals surface area contributed by atoms with Crippen molar-refractivity contribution in [2.75, 3.05) is 4.90 Å². The fraction of sp³-hybridized carbons (Fsp3) is 0. The Morgan fingerprint density at radius 1 is 0.320 bits per heavy atom. The van der Waals surface area contributed by atoms with Crippen molar-refractivity contribution >= 4 is 39.0 Å². The summed E-state index contributed by atoms with van der Waals surface area (Å²) < 4.78 is 6.41. The lowest BCUT2D eigenvalue weighted by Gasteiger charge is -2.29. The van der Waals surface area contributed by atoms with Crippen LogP contribution in [0.3, 0.4) is 0 Å². The van der Waals surface area contributed by atoms with Crippen molar-refractivity contribution in [3.8, 4) is 44.5 Å². The summed E-state index contributed by atoms with van der Waals surface area (Å²) in [6.45, 7) is 0. The number of hydrogen-bond donors (Lipinski definition) is 0. The molecule has 0 saturated heterocycles. The molecule has 236 valence electrons. The topological polar surface area (TPSA) is 16.4 Å². The maximum absolute atomic E-state index is 6.41. The van der Waals surface area contributed by atoms with Crippen LogP contribution in [0.4, 0.5) is 17.1 Å². The van der Waals surface area contributed by atoms with Crippen LogP contribution in [-0.4, -0.2) is 0 Å². The molecule has 0 fully saturated rings. The van der Waals surface area contributed by atoms with E-state index < -0.39 is 0 Å². The number of para-hydroxylation sites is 1. The molecule has 0 radical (unpaired) electrons. The van der Waals surface area contributed by atoms with E-state index in [0.717, 1.165) is 50.1 Å². The smallest absolute Gasteiger partial charge is 0.137 e. The summed E-state index contributed by atoms with van der Waals surface area (Å²) in [5.41, 5.74) is 14.4. The Hall–Kier alpha value is -6.64. The van der Waals surface area contributed by atoms with Crippen molar-refractivity contribution in [2.24, 2.45) is 0 Å². The lowest BCUT2D eigenvalue weighted by Crippen LogP contribution is -2.12. The minimum absolute atomic E-state index is 0.865. The lowest BCUT2D eigenvalue weighted by atomic mass is 9.91. The summed E-state index contributed by atoms with van der Waals surface area (Å²) in [5.74, 6) is 0. The molecule has 0 aliphatic rings. The van der Waals surface area contributed by atoms with Gasteiger partial charge in [0.05, 0.1) is 16.8 Å². The minimum Gasteiger partial charge on any atom is -0.456 e. The molecule has 50 heavy (non-hydrogen) atoms. The molecule has 1 aromatic heterocycles. The normalized spacial score (nSPS) is 11.2. The van der Waals surface area contributed by atoms with Crippen LogP contribution in [0.25, 0.3) is 66.4 Å². The second kappa shape index (κ2) is 12.8. The quantitative estimate of drug-likeness (QED) is 0.173. The standard InChI is InChI=1S/C48H33NO/c1-4-15-34(16-5-1)35-27-30-39(31-28-35)49(45-24-14-26-47-48(45)42-23-12-13-25-46(42)50-47)44-32-29-38(33-43(44)37-19-8-3-9-20-37)41-22-11-10-21-40(41)36-17-6-2-7-18-36/h1-33H. The molecule has 0 saturated carbocycles. The first-order valence-corrected chi connectivity index (χ1v) is 17.0. The molecule has 0 N–H and O–H groups in total. The first-order chi connectivity index (χ1) is 24.8. The SMILES string of the molecule is c1ccc(-c2ccc(N(c3ccc(-c4ccccc4-c4ccccc4)cc3-c3ccccc3)c3cccc4oc5ccccc5c34)cc2)cc1. The molecular formula is C48H33NO. The van der Waals surface area contributed by atoms with Crippen LogP contribution >= 0.6 is 0 Å². The van der Waals surface area contributed by atoms with E-state index in [9.17, 15) is 0 Å². The number of furan rings is 1. The maximum atomic E-state index is 6.41. The Labute approximate surface area is 292 Å². The molecule has 2 heteroatoms. The Balaban J connectivity index is 1.30. The van der Waals surface area contributed by atoms with Crippen molar-refractivity contribution in [3.05, 3.63) is 200 Å². The largest absolute Gasteiger partial charge is 0.456 e. The van der Waals surface area contributed by atoms with E-state index >= 15 is 0 Å². The van der Waals surface area contributed by atoms with Gasteiger partial charge in [0.15, 0.2) is 0 Å². The van der Waals surface area contributed by atoms with Crippen molar-refractivity contribution in [2.45, 2.75) is 0 Å².